The Kier molecular flexibility index (Phi) is 9.12. The van der Waals surface area contributed by atoms with Crippen LogP contribution in [-0.4, -0.2) is 0 Å². The van der Waals surface area contributed by atoms with Gasteiger partial charge in [-0.2, -0.15) is 0 Å². The average molecular weight is 587 g/mol. The van der Waals surface area contributed by atoms with Crippen LogP contribution in [0.1, 0.15) is 66.8 Å². The number of hydrogen-bond acceptors (Lipinski definition) is 2. The minimum Gasteiger partial charge on any atom is -0.399 e. The van der Waals surface area contributed by atoms with E-state index < -0.39 is 0 Å². The van der Waals surface area contributed by atoms with Crippen molar-refractivity contribution in [1.29, 1.82) is 0 Å². The van der Waals surface area contributed by atoms with Gasteiger partial charge in [0.1, 0.15) is 0 Å². The van der Waals surface area contributed by atoms with E-state index in [1.54, 1.807) is 0 Å². The van der Waals surface area contributed by atoms with E-state index in [1.165, 1.54) is 66.8 Å². The standard InChI is InChI=1S/C43H42N2/c1-30-23-38(11-17-40(30)28-36-7-3-32(4-8-36)25-34-13-19-42(44)20-14-34)27-39-12-18-41(31(2)24-39)29-37-9-5-33(6-10-37)26-35-15-21-43(45)22-16-35/h3-24H,25-29,44-45H2,1-2H3. The Bertz CT molecular complexity index is 1720. The van der Waals surface area contributed by atoms with E-state index in [0.29, 0.717) is 0 Å². The Morgan fingerprint density at radius 3 is 0.867 bits per heavy atom. The lowest BCUT2D eigenvalue weighted by molar-refractivity contribution is 1.09. The summed E-state index contributed by atoms with van der Waals surface area (Å²) in [5, 5.41) is 0. The van der Waals surface area contributed by atoms with E-state index in [9.17, 15) is 0 Å². The van der Waals surface area contributed by atoms with Crippen molar-refractivity contribution in [3.63, 3.8) is 0 Å². The molecule has 6 aromatic rings. The molecule has 0 bridgehead atoms. The number of nitrogen functional groups attached to an aromatic ring is 2. The van der Waals surface area contributed by atoms with E-state index >= 15 is 0 Å². The van der Waals surface area contributed by atoms with Crippen LogP contribution in [0.15, 0.2) is 133 Å². The van der Waals surface area contributed by atoms with Crippen molar-refractivity contribution in [2.24, 2.45) is 0 Å². The molecule has 224 valence electrons. The van der Waals surface area contributed by atoms with Gasteiger partial charge in [0.25, 0.3) is 0 Å². The molecule has 0 amide bonds. The van der Waals surface area contributed by atoms with Gasteiger partial charge in [0.05, 0.1) is 0 Å². The summed E-state index contributed by atoms with van der Waals surface area (Å²) in [6.07, 6.45) is 4.69. The molecule has 2 nitrogen and oxygen atoms in total. The summed E-state index contributed by atoms with van der Waals surface area (Å²) in [5.74, 6) is 0. The lowest BCUT2D eigenvalue weighted by atomic mass is 9.93. The van der Waals surface area contributed by atoms with E-state index in [1.807, 2.05) is 24.3 Å². The van der Waals surface area contributed by atoms with Gasteiger partial charge < -0.3 is 11.5 Å². The molecular weight excluding hydrogens is 544 g/mol. The van der Waals surface area contributed by atoms with Crippen molar-refractivity contribution < 1.29 is 0 Å². The number of rotatable bonds is 10. The molecule has 0 aliphatic carbocycles. The Hall–Kier alpha value is -5.08. The Balaban J connectivity index is 1.04. The molecule has 4 N–H and O–H groups in total. The molecular formula is C43H42N2. The van der Waals surface area contributed by atoms with Crippen LogP contribution in [-0.2, 0) is 32.1 Å². The summed E-state index contributed by atoms with van der Waals surface area (Å²) in [4.78, 5) is 0. The topological polar surface area (TPSA) is 52.0 Å². The number of hydrogen-bond donors (Lipinski definition) is 2. The van der Waals surface area contributed by atoms with Crippen LogP contribution in [0.5, 0.6) is 0 Å². The third kappa shape index (κ3) is 8.10. The SMILES string of the molecule is Cc1cc(Cc2ccc(Cc3ccc(Cc4ccc(N)cc4)cc3)c(C)c2)ccc1Cc1ccc(Cc2ccc(N)cc2)cc1. The van der Waals surface area contributed by atoms with Gasteiger partial charge in [-0.3, -0.25) is 0 Å². The molecule has 0 aliphatic heterocycles. The largest absolute Gasteiger partial charge is 0.399 e. The van der Waals surface area contributed by atoms with Gasteiger partial charge >= 0.3 is 0 Å². The summed E-state index contributed by atoms with van der Waals surface area (Å²) < 4.78 is 0. The molecule has 0 saturated heterocycles. The van der Waals surface area contributed by atoms with Crippen molar-refractivity contribution in [3.05, 3.63) is 200 Å². The highest BCUT2D eigenvalue weighted by molar-refractivity contribution is 5.44. The van der Waals surface area contributed by atoms with E-state index in [2.05, 4.69) is 123 Å². The number of aryl methyl sites for hydroxylation is 2. The number of benzene rings is 6. The van der Waals surface area contributed by atoms with E-state index in [-0.39, 0.29) is 0 Å². The summed E-state index contributed by atoms with van der Waals surface area (Å²) in [7, 11) is 0. The fourth-order valence-corrected chi connectivity index (χ4v) is 6.10. The Morgan fingerprint density at radius 2 is 0.556 bits per heavy atom. The minimum absolute atomic E-state index is 0.809. The highest BCUT2D eigenvalue weighted by Gasteiger charge is 2.07. The third-order valence-electron chi connectivity index (χ3n) is 8.83. The van der Waals surface area contributed by atoms with Crippen LogP contribution in [0.3, 0.4) is 0 Å². The average Bonchev–Trinajstić information content (AvgIpc) is 3.04. The maximum Gasteiger partial charge on any atom is 0.0314 e. The van der Waals surface area contributed by atoms with Gasteiger partial charge in [-0.05, 0) is 137 Å². The quantitative estimate of drug-likeness (QED) is 0.157. The molecule has 0 radical (unpaired) electrons. The molecule has 0 aromatic heterocycles. The first-order valence-corrected chi connectivity index (χ1v) is 15.9. The molecule has 0 unspecified atom stereocenters. The van der Waals surface area contributed by atoms with Gasteiger partial charge in [-0.15, -0.1) is 0 Å². The smallest absolute Gasteiger partial charge is 0.0314 e. The lowest BCUT2D eigenvalue weighted by Gasteiger charge is -2.12. The summed E-state index contributed by atoms with van der Waals surface area (Å²) >= 11 is 0. The maximum atomic E-state index is 5.83. The molecule has 2 heteroatoms. The van der Waals surface area contributed by atoms with Gasteiger partial charge in [0.2, 0.25) is 0 Å². The van der Waals surface area contributed by atoms with E-state index in [4.69, 9.17) is 11.5 Å². The number of nitrogens with two attached hydrogens (primary N) is 2. The molecule has 0 saturated carbocycles. The van der Waals surface area contributed by atoms with Gasteiger partial charge in [-0.1, -0.05) is 109 Å². The molecule has 0 spiro atoms. The molecule has 45 heavy (non-hydrogen) atoms. The van der Waals surface area contributed by atoms with Crippen molar-refractivity contribution >= 4 is 11.4 Å². The zero-order valence-corrected chi connectivity index (χ0v) is 26.4. The van der Waals surface area contributed by atoms with Gasteiger partial charge in [-0.25, -0.2) is 0 Å². The molecule has 0 aliphatic rings. The van der Waals surface area contributed by atoms with Crippen LogP contribution in [0.2, 0.25) is 0 Å². The summed E-state index contributed by atoms with van der Waals surface area (Å²) in [5.41, 5.74) is 29.4. The predicted molar refractivity (Wildman–Crippen MR) is 191 cm³/mol. The molecule has 6 rings (SSSR count). The normalized spacial score (nSPS) is 11.1. The van der Waals surface area contributed by atoms with E-state index in [0.717, 1.165) is 43.5 Å². The Morgan fingerprint density at radius 1 is 0.311 bits per heavy atom. The van der Waals surface area contributed by atoms with Crippen molar-refractivity contribution in [3.8, 4) is 0 Å². The maximum absolute atomic E-state index is 5.83. The lowest BCUT2D eigenvalue weighted by Crippen LogP contribution is -1.98. The van der Waals surface area contributed by atoms with Crippen molar-refractivity contribution in [1.82, 2.24) is 0 Å². The molecule has 0 heterocycles. The fourth-order valence-electron chi connectivity index (χ4n) is 6.10. The first-order valence-electron chi connectivity index (χ1n) is 15.9. The first kappa shape index (κ1) is 30.0. The zero-order chi connectivity index (χ0) is 31.2. The predicted octanol–water partition coefficient (Wildman–Crippen LogP) is 9.42. The summed E-state index contributed by atoms with van der Waals surface area (Å²) in [6.45, 7) is 4.48. The second-order valence-corrected chi connectivity index (χ2v) is 12.5. The van der Waals surface area contributed by atoms with Crippen LogP contribution in [0.25, 0.3) is 0 Å². The highest BCUT2D eigenvalue weighted by atomic mass is 14.5. The van der Waals surface area contributed by atoms with Crippen LogP contribution < -0.4 is 11.5 Å². The highest BCUT2D eigenvalue weighted by Crippen LogP contribution is 2.22. The minimum atomic E-state index is 0.809. The van der Waals surface area contributed by atoms with Crippen LogP contribution in [0.4, 0.5) is 11.4 Å². The number of anilines is 2. The van der Waals surface area contributed by atoms with Crippen molar-refractivity contribution in [2.45, 2.75) is 46.0 Å². The third-order valence-corrected chi connectivity index (χ3v) is 8.83. The molecule has 0 fully saturated rings. The second kappa shape index (κ2) is 13.7. The summed E-state index contributed by atoms with van der Waals surface area (Å²) in [6, 6.07) is 48.3. The molecule has 0 atom stereocenters. The van der Waals surface area contributed by atoms with Crippen LogP contribution >= 0.6 is 0 Å². The first-order chi connectivity index (χ1) is 21.9. The second-order valence-electron chi connectivity index (χ2n) is 12.5. The Labute approximate surface area is 268 Å². The molecule has 6 aromatic carbocycles. The monoisotopic (exact) mass is 586 g/mol. The van der Waals surface area contributed by atoms with Gasteiger partial charge in [0.15, 0.2) is 0 Å². The van der Waals surface area contributed by atoms with Crippen molar-refractivity contribution in [2.75, 3.05) is 11.5 Å². The zero-order valence-electron chi connectivity index (χ0n) is 26.4. The van der Waals surface area contributed by atoms with Gasteiger partial charge in [0, 0.05) is 11.4 Å². The van der Waals surface area contributed by atoms with Crippen LogP contribution in [0, 0.1) is 13.8 Å². The fraction of sp³-hybridized carbons (Fsp3) is 0.163.